The van der Waals surface area contributed by atoms with Crippen molar-refractivity contribution in [2.75, 3.05) is 6.54 Å². The monoisotopic (exact) mass is 247 g/mol. The van der Waals surface area contributed by atoms with Crippen LogP contribution in [0.1, 0.15) is 32.8 Å². The van der Waals surface area contributed by atoms with Gasteiger partial charge in [0.15, 0.2) is 0 Å². The molecule has 3 nitrogen and oxygen atoms in total. The van der Waals surface area contributed by atoms with Gasteiger partial charge in [-0.1, -0.05) is 32.9 Å². The summed E-state index contributed by atoms with van der Waals surface area (Å²) >= 11 is 0. The van der Waals surface area contributed by atoms with Gasteiger partial charge in [-0.2, -0.15) is 0 Å². The molecule has 0 radical (unpaired) electrons. The molecule has 0 aliphatic rings. The van der Waals surface area contributed by atoms with Crippen molar-refractivity contribution in [3.63, 3.8) is 0 Å². The van der Waals surface area contributed by atoms with E-state index in [1.54, 1.807) is 30.3 Å². The predicted molar refractivity (Wildman–Crippen MR) is 74.2 cm³/mol. The van der Waals surface area contributed by atoms with Crippen molar-refractivity contribution in [1.82, 2.24) is 5.32 Å². The smallest absolute Gasteiger partial charge is 0.243 e. The molecule has 0 spiro atoms. The fraction of sp³-hybridized carbons (Fsp3) is 0.400. The molecule has 1 aromatic carbocycles. The Hall–Kier alpha value is -1.77. The molecule has 0 saturated carbocycles. The molecule has 18 heavy (non-hydrogen) atoms. The number of carbonyl (C=O) groups is 1. The number of nitrogens with one attached hydrogen (secondary N) is 1. The van der Waals surface area contributed by atoms with Crippen LogP contribution in [0.15, 0.2) is 30.3 Å². The van der Waals surface area contributed by atoms with Crippen LogP contribution in [0.3, 0.4) is 0 Å². The molecular weight excluding hydrogens is 226 g/mol. The minimum Gasteiger partial charge on any atom is -0.508 e. The van der Waals surface area contributed by atoms with Crippen LogP contribution in [0.4, 0.5) is 0 Å². The van der Waals surface area contributed by atoms with Gasteiger partial charge >= 0.3 is 0 Å². The third-order valence-corrected chi connectivity index (χ3v) is 2.49. The van der Waals surface area contributed by atoms with Crippen LogP contribution in [0, 0.1) is 5.41 Å². The number of rotatable bonds is 4. The Kier molecular flexibility index (Phi) is 4.95. The fourth-order valence-corrected chi connectivity index (χ4v) is 1.38. The Morgan fingerprint density at radius 1 is 1.28 bits per heavy atom. The third-order valence-electron chi connectivity index (χ3n) is 2.49. The number of aromatic hydroxyl groups is 1. The zero-order chi connectivity index (χ0) is 13.6. The first-order chi connectivity index (χ1) is 8.37. The molecule has 0 heterocycles. The van der Waals surface area contributed by atoms with E-state index in [2.05, 4.69) is 26.1 Å². The minimum atomic E-state index is -0.0904. The first kappa shape index (κ1) is 14.3. The largest absolute Gasteiger partial charge is 0.508 e. The summed E-state index contributed by atoms with van der Waals surface area (Å²) in [6.45, 7) is 7.12. The van der Waals surface area contributed by atoms with Crippen LogP contribution >= 0.6 is 0 Å². The molecule has 0 fully saturated rings. The molecule has 1 amide bonds. The van der Waals surface area contributed by atoms with Crippen molar-refractivity contribution >= 4 is 12.0 Å². The normalized spacial score (nSPS) is 11.7. The highest BCUT2D eigenvalue weighted by atomic mass is 16.3. The number of hydrogen-bond donors (Lipinski definition) is 2. The van der Waals surface area contributed by atoms with Crippen molar-refractivity contribution in [3.8, 4) is 5.75 Å². The maximum atomic E-state index is 11.5. The van der Waals surface area contributed by atoms with Gasteiger partial charge in [0.25, 0.3) is 0 Å². The highest BCUT2D eigenvalue weighted by Crippen LogP contribution is 2.16. The van der Waals surface area contributed by atoms with Crippen LogP contribution in [-0.4, -0.2) is 17.6 Å². The number of carbonyl (C=O) groups excluding carboxylic acids is 1. The van der Waals surface area contributed by atoms with Gasteiger partial charge in [0.05, 0.1) is 0 Å². The standard InChI is InChI=1S/C15H21NO2/c1-15(2,3)10-11-16-14(18)9-6-12-4-7-13(17)8-5-12/h4-9,17H,10-11H2,1-3H3,(H,16,18)/b9-6+. The number of hydrogen-bond acceptors (Lipinski definition) is 2. The molecule has 0 saturated heterocycles. The van der Waals surface area contributed by atoms with E-state index in [1.165, 1.54) is 6.08 Å². The molecule has 0 bridgehead atoms. The van der Waals surface area contributed by atoms with Gasteiger partial charge in [0, 0.05) is 12.6 Å². The van der Waals surface area contributed by atoms with Crippen LogP contribution in [0.25, 0.3) is 6.08 Å². The van der Waals surface area contributed by atoms with Crippen LogP contribution in [0.2, 0.25) is 0 Å². The highest BCUT2D eigenvalue weighted by Gasteiger charge is 2.09. The number of phenols is 1. The third kappa shape index (κ3) is 6.09. The van der Waals surface area contributed by atoms with Crippen LogP contribution in [-0.2, 0) is 4.79 Å². The Balaban J connectivity index is 2.38. The average Bonchev–Trinajstić information content (AvgIpc) is 2.26. The SMILES string of the molecule is CC(C)(C)CCNC(=O)/C=C/c1ccc(O)cc1. The van der Waals surface area contributed by atoms with E-state index in [0.29, 0.717) is 6.54 Å². The summed E-state index contributed by atoms with van der Waals surface area (Å²) in [5.41, 5.74) is 1.12. The van der Waals surface area contributed by atoms with Gasteiger partial charge in [0.2, 0.25) is 5.91 Å². The van der Waals surface area contributed by atoms with E-state index < -0.39 is 0 Å². The Morgan fingerprint density at radius 2 is 1.89 bits per heavy atom. The van der Waals surface area contributed by atoms with Gasteiger partial charge in [-0.3, -0.25) is 4.79 Å². The van der Waals surface area contributed by atoms with Crippen molar-refractivity contribution < 1.29 is 9.90 Å². The van der Waals surface area contributed by atoms with E-state index in [4.69, 9.17) is 5.11 Å². The minimum absolute atomic E-state index is 0.0904. The first-order valence-electron chi connectivity index (χ1n) is 6.12. The zero-order valence-electron chi connectivity index (χ0n) is 11.2. The summed E-state index contributed by atoms with van der Waals surface area (Å²) in [5.74, 6) is 0.133. The lowest BCUT2D eigenvalue weighted by molar-refractivity contribution is -0.116. The van der Waals surface area contributed by atoms with Gasteiger partial charge in [-0.05, 0) is 35.6 Å². The summed E-state index contributed by atoms with van der Waals surface area (Å²) in [5, 5.41) is 12.0. The van der Waals surface area contributed by atoms with E-state index in [9.17, 15) is 4.79 Å². The second-order valence-corrected chi connectivity index (χ2v) is 5.53. The second kappa shape index (κ2) is 6.24. The lowest BCUT2D eigenvalue weighted by Crippen LogP contribution is -2.25. The molecule has 0 aliphatic heterocycles. The maximum absolute atomic E-state index is 11.5. The van der Waals surface area contributed by atoms with Gasteiger partial charge < -0.3 is 10.4 Å². The van der Waals surface area contributed by atoms with Crippen molar-refractivity contribution in [3.05, 3.63) is 35.9 Å². The van der Waals surface area contributed by atoms with Gasteiger partial charge in [-0.25, -0.2) is 0 Å². The predicted octanol–water partition coefficient (Wildman–Crippen LogP) is 2.96. The summed E-state index contributed by atoms with van der Waals surface area (Å²) in [6, 6.07) is 6.71. The van der Waals surface area contributed by atoms with Crippen LogP contribution in [0.5, 0.6) is 5.75 Å². The van der Waals surface area contributed by atoms with Gasteiger partial charge in [0.1, 0.15) is 5.75 Å². The topological polar surface area (TPSA) is 49.3 Å². The van der Waals surface area contributed by atoms with Crippen molar-refractivity contribution in [2.45, 2.75) is 27.2 Å². The zero-order valence-corrected chi connectivity index (χ0v) is 11.2. The molecule has 0 aliphatic carbocycles. The number of amides is 1. The highest BCUT2D eigenvalue weighted by molar-refractivity contribution is 5.91. The van der Waals surface area contributed by atoms with Crippen molar-refractivity contribution in [1.29, 1.82) is 0 Å². The number of phenolic OH excluding ortho intramolecular Hbond substituents is 1. The van der Waals surface area contributed by atoms with E-state index >= 15 is 0 Å². The van der Waals surface area contributed by atoms with Crippen molar-refractivity contribution in [2.24, 2.45) is 5.41 Å². The van der Waals surface area contributed by atoms with Crippen LogP contribution < -0.4 is 5.32 Å². The molecule has 2 N–H and O–H groups in total. The number of benzene rings is 1. The molecule has 1 rings (SSSR count). The Morgan fingerprint density at radius 3 is 2.44 bits per heavy atom. The fourth-order valence-electron chi connectivity index (χ4n) is 1.38. The summed E-state index contributed by atoms with van der Waals surface area (Å²) in [6.07, 6.45) is 4.19. The lowest BCUT2D eigenvalue weighted by Gasteiger charge is -2.17. The lowest BCUT2D eigenvalue weighted by atomic mass is 9.92. The summed E-state index contributed by atoms with van der Waals surface area (Å²) in [4.78, 5) is 11.5. The van der Waals surface area contributed by atoms with E-state index in [1.807, 2.05) is 0 Å². The van der Waals surface area contributed by atoms with E-state index in [-0.39, 0.29) is 17.1 Å². The average molecular weight is 247 g/mol. The maximum Gasteiger partial charge on any atom is 0.243 e. The second-order valence-electron chi connectivity index (χ2n) is 5.53. The molecule has 0 aromatic heterocycles. The quantitative estimate of drug-likeness (QED) is 0.804. The van der Waals surface area contributed by atoms with Gasteiger partial charge in [-0.15, -0.1) is 0 Å². The molecule has 0 unspecified atom stereocenters. The molecule has 0 atom stereocenters. The van der Waals surface area contributed by atoms with E-state index in [0.717, 1.165) is 12.0 Å². The first-order valence-corrected chi connectivity index (χ1v) is 6.12. The summed E-state index contributed by atoms with van der Waals surface area (Å²) < 4.78 is 0. The Labute approximate surface area is 109 Å². The molecule has 1 aromatic rings. The summed E-state index contributed by atoms with van der Waals surface area (Å²) in [7, 11) is 0. The molecule has 3 heteroatoms. The Bertz CT molecular complexity index is 413. The molecule has 98 valence electrons. The molecular formula is C15H21NO2.